The van der Waals surface area contributed by atoms with Crippen LogP contribution in [0.3, 0.4) is 0 Å². The van der Waals surface area contributed by atoms with E-state index in [0.29, 0.717) is 0 Å². The van der Waals surface area contributed by atoms with Crippen LogP contribution in [0.5, 0.6) is 0 Å². The number of amides is 1. The summed E-state index contributed by atoms with van der Waals surface area (Å²) in [5.74, 6) is -0.742. The Hall–Kier alpha value is -0.800. The average Bonchev–Trinajstić information content (AvgIpc) is 2.33. The first-order valence-corrected chi connectivity index (χ1v) is 8.58. The number of alkyl halides is 3. The highest BCUT2D eigenvalue weighted by molar-refractivity contribution is 9.10. The summed E-state index contributed by atoms with van der Waals surface area (Å²) in [6, 6.07) is 3.48. The lowest BCUT2D eigenvalue weighted by atomic mass is 10.2. The van der Waals surface area contributed by atoms with Crippen LogP contribution in [0.25, 0.3) is 0 Å². The van der Waals surface area contributed by atoms with Crippen LogP contribution in [0.15, 0.2) is 27.6 Å². The molecule has 1 amide bonds. The lowest BCUT2D eigenvalue weighted by molar-refractivity contribution is -0.136. The molecule has 0 radical (unpaired) electrons. The zero-order chi connectivity index (χ0) is 16.4. The fourth-order valence-electron chi connectivity index (χ4n) is 1.42. The molecule has 0 N–H and O–H groups in total. The third-order valence-corrected chi connectivity index (χ3v) is 4.57. The maximum Gasteiger partial charge on any atom is 0.390 e. The van der Waals surface area contributed by atoms with Crippen LogP contribution in [-0.2, 0) is 9.05 Å². The predicted molar refractivity (Wildman–Crippen MR) is 74.8 cm³/mol. The summed E-state index contributed by atoms with van der Waals surface area (Å²) in [4.78, 5) is 12.6. The molecule has 1 rings (SSSR count). The molecule has 0 saturated heterocycles. The van der Waals surface area contributed by atoms with Crippen LogP contribution >= 0.6 is 26.6 Å². The number of halogens is 5. The molecular formula is C11H10BrClF3NO3S. The Morgan fingerprint density at radius 3 is 2.43 bits per heavy atom. The van der Waals surface area contributed by atoms with Crippen molar-refractivity contribution in [1.29, 1.82) is 0 Å². The van der Waals surface area contributed by atoms with Crippen LogP contribution in [0, 0.1) is 0 Å². The van der Waals surface area contributed by atoms with E-state index in [2.05, 4.69) is 15.9 Å². The maximum atomic E-state index is 12.1. The third kappa shape index (κ3) is 5.48. The quantitative estimate of drug-likeness (QED) is 0.718. The Kier molecular flexibility index (Phi) is 5.68. The van der Waals surface area contributed by atoms with Crippen LogP contribution in [-0.4, -0.2) is 39.0 Å². The second kappa shape index (κ2) is 6.53. The first-order valence-electron chi connectivity index (χ1n) is 5.48. The van der Waals surface area contributed by atoms with E-state index in [1.807, 2.05) is 0 Å². The van der Waals surface area contributed by atoms with Crippen molar-refractivity contribution >= 4 is 41.6 Å². The van der Waals surface area contributed by atoms with Gasteiger partial charge in [0.15, 0.2) is 0 Å². The molecule has 0 spiro atoms. The lowest BCUT2D eigenvalue weighted by Gasteiger charge is -2.19. The summed E-state index contributed by atoms with van der Waals surface area (Å²) >= 11 is 3.05. The van der Waals surface area contributed by atoms with E-state index in [9.17, 15) is 26.4 Å². The minimum atomic E-state index is -4.38. The Bertz CT molecular complexity index is 649. The van der Waals surface area contributed by atoms with Gasteiger partial charge in [0, 0.05) is 28.7 Å². The molecule has 118 valence electrons. The molecular weight excluding hydrogens is 399 g/mol. The zero-order valence-electron chi connectivity index (χ0n) is 10.6. The first-order chi connectivity index (χ1) is 9.42. The molecule has 0 fully saturated rings. The van der Waals surface area contributed by atoms with E-state index in [1.54, 1.807) is 0 Å². The summed E-state index contributed by atoms with van der Waals surface area (Å²) in [6.07, 6.45) is -5.53. The fourth-order valence-corrected chi connectivity index (χ4v) is 2.61. The van der Waals surface area contributed by atoms with Crippen molar-refractivity contribution in [2.45, 2.75) is 17.5 Å². The molecule has 21 heavy (non-hydrogen) atoms. The van der Waals surface area contributed by atoms with Crippen LogP contribution in [0.2, 0.25) is 0 Å². The number of rotatable bonds is 4. The van der Waals surface area contributed by atoms with Gasteiger partial charge in [0.1, 0.15) is 0 Å². The molecule has 0 aliphatic heterocycles. The topological polar surface area (TPSA) is 54.5 Å². The summed E-state index contributed by atoms with van der Waals surface area (Å²) in [7, 11) is 2.33. The van der Waals surface area contributed by atoms with Gasteiger partial charge in [-0.05, 0) is 34.1 Å². The predicted octanol–water partition coefficient (Wildman–Crippen LogP) is 3.40. The lowest BCUT2D eigenvalue weighted by Crippen LogP contribution is -2.30. The van der Waals surface area contributed by atoms with Gasteiger partial charge in [-0.25, -0.2) is 8.42 Å². The van der Waals surface area contributed by atoms with Crippen molar-refractivity contribution in [3.63, 3.8) is 0 Å². The van der Waals surface area contributed by atoms with Crippen LogP contribution in [0.1, 0.15) is 16.8 Å². The molecule has 1 aromatic rings. The molecule has 0 heterocycles. The monoisotopic (exact) mass is 407 g/mol. The summed E-state index contributed by atoms with van der Waals surface area (Å²) in [6.45, 7) is -0.535. The van der Waals surface area contributed by atoms with Crippen molar-refractivity contribution in [2.75, 3.05) is 13.6 Å². The minimum absolute atomic E-state index is 0.0820. The van der Waals surface area contributed by atoms with E-state index in [0.717, 1.165) is 11.0 Å². The van der Waals surface area contributed by atoms with Gasteiger partial charge in [-0.1, -0.05) is 0 Å². The average molecular weight is 409 g/mol. The van der Waals surface area contributed by atoms with Crippen molar-refractivity contribution in [3.05, 3.63) is 28.2 Å². The van der Waals surface area contributed by atoms with E-state index >= 15 is 0 Å². The van der Waals surface area contributed by atoms with Crippen molar-refractivity contribution in [3.8, 4) is 0 Å². The Balaban J connectivity index is 3.02. The Morgan fingerprint density at radius 2 is 1.95 bits per heavy atom. The number of benzene rings is 1. The molecule has 0 saturated carbocycles. The molecule has 1 aromatic carbocycles. The molecule has 10 heteroatoms. The van der Waals surface area contributed by atoms with Crippen molar-refractivity contribution < 1.29 is 26.4 Å². The molecule has 0 aromatic heterocycles. The highest BCUT2D eigenvalue weighted by Gasteiger charge is 2.28. The number of hydrogen-bond donors (Lipinski definition) is 0. The van der Waals surface area contributed by atoms with Gasteiger partial charge in [-0.15, -0.1) is 0 Å². The van der Waals surface area contributed by atoms with E-state index in [-0.39, 0.29) is 14.9 Å². The number of hydrogen-bond acceptors (Lipinski definition) is 3. The van der Waals surface area contributed by atoms with Gasteiger partial charge in [0.25, 0.3) is 15.0 Å². The standard InChI is InChI=1S/C11H10BrClF3NO3S/c1-17(5-4-11(14,15)16)10(18)8-6-7(21(13,19)20)2-3-9(8)12/h2-3,6H,4-5H2,1H3. The van der Waals surface area contributed by atoms with Gasteiger partial charge in [-0.2, -0.15) is 13.2 Å². The van der Waals surface area contributed by atoms with Crippen molar-refractivity contribution in [2.24, 2.45) is 0 Å². The van der Waals surface area contributed by atoms with Crippen molar-refractivity contribution in [1.82, 2.24) is 4.90 Å². The summed E-state index contributed by atoms with van der Waals surface area (Å²) in [5.41, 5.74) is -0.0820. The van der Waals surface area contributed by atoms with Gasteiger partial charge < -0.3 is 4.90 Å². The van der Waals surface area contributed by atoms with Gasteiger partial charge in [0.2, 0.25) is 0 Å². The molecule has 0 aliphatic rings. The van der Waals surface area contributed by atoms with Gasteiger partial charge >= 0.3 is 6.18 Å². The second-order valence-electron chi connectivity index (χ2n) is 4.17. The molecule has 4 nitrogen and oxygen atoms in total. The van der Waals surface area contributed by atoms with E-state index < -0.39 is 34.1 Å². The summed E-state index contributed by atoms with van der Waals surface area (Å²) < 4.78 is 59.1. The zero-order valence-corrected chi connectivity index (χ0v) is 13.8. The van der Waals surface area contributed by atoms with E-state index in [4.69, 9.17) is 10.7 Å². The molecule has 0 unspecified atom stereocenters. The maximum absolute atomic E-state index is 12.1. The minimum Gasteiger partial charge on any atom is -0.341 e. The number of nitrogens with zero attached hydrogens (tertiary/aromatic N) is 1. The number of carbonyl (C=O) groups is 1. The molecule has 0 atom stereocenters. The Morgan fingerprint density at radius 1 is 1.38 bits per heavy atom. The second-order valence-corrected chi connectivity index (χ2v) is 7.59. The third-order valence-electron chi connectivity index (χ3n) is 2.53. The molecule has 0 aliphatic carbocycles. The highest BCUT2D eigenvalue weighted by atomic mass is 79.9. The van der Waals surface area contributed by atoms with Gasteiger partial charge in [-0.3, -0.25) is 4.79 Å². The fraction of sp³-hybridized carbons (Fsp3) is 0.364. The highest BCUT2D eigenvalue weighted by Crippen LogP contribution is 2.25. The largest absolute Gasteiger partial charge is 0.390 e. The van der Waals surface area contributed by atoms with Gasteiger partial charge in [0.05, 0.1) is 16.9 Å². The molecule has 0 bridgehead atoms. The number of carbonyl (C=O) groups excluding carboxylic acids is 1. The smallest absolute Gasteiger partial charge is 0.341 e. The van der Waals surface area contributed by atoms with Crippen LogP contribution in [0.4, 0.5) is 13.2 Å². The first kappa shape index (κ1) is 18.2. The van der Waals surface area contributed by atoms with Crippen LogP contribution < -0.4 is 0 Å². The SMILES string of the molecule is CN(CCC(F)(F)F)C(=O)c1cc(S(=O)(=O)Cl)ccc1Br. The summed E-state index contributed by atoms with van der Waals surface area (Å²) in [5, 5.41) is 0. The normalized spacial score (nSPS) is 12.3. The Labute approximate surface area is 132 Å². The van der Waals surface area contributed by atoms with E-state index in [1.165, 1.54) is 19.2 Å².